The van der Waals surface area contributed by atoms with Gasteiger partial charge < -0.3 is 5.32 Å². The first kappa shape index (κ1) is 16.7. The van der Waals surface area contributed by atoms with Gasteiger partial charge in [-0.15, -0.1) is 11.3 Å². The predicted octanol–water partition coefficient (Wildman–Crippen LogP) is 2.90. The van der Waals surface area contributed by atoms with Crippen LogP contribution < -0.4 is 5.32 Å². The number of hydrogen-bond acceptors (Lipinski definition) is 4. The molecule has 0 radical (unpaired) electrons. The molecule has 1 aromatic rings. The summed E-state index contributed by atoms with van der Waals surface area (Å²) in [7, 11) is -3.40. The van der Waals surface area contributed by atoms with Crippen LogP contribution in [0.5, 0.6) is 0 Å². The fourth-order valence-corrected chi connectivity index (χ4v) is 5.67. The third kappa shape index (κ3) is 3.74. The highest BCUT2D eigenvalue weighted by molar-refractivity contribution is 7.89. The normalized spacial score (nSPS) is 17.3. The molecule has 0 saturated carbocycles. The first-order valence-corrected chi connectivity index (χ1v) is 9.60. The molecule has 118 valence electrons. The van der Waals surface area contributed by atoms with Crippen LogP contribution >= 0.6 is 11.3 Å². The van der Waals surface area contributed by atoms with Crippen molar-refractivity contribution in [2.75, 3.05) is 13.1 Å². The van der Waals surface area contributed by atoms with Gasteiger partial charge in [-0.3, -0.25) is 0 Å². The zero-order valence-electron chi connectivity index (χ0n) is 13.1. The summed E-state index contributed by atoms with van der Waals surface area (Å²) < 4.78 is 27.5. The first-order chi connectivity index (χ1) is 9.82. The number of nitrogens with zero attached hydrogens (tertiary/aromatic N) is 1. The van der Waals surface area contributed by atoms with E-state index >= 15 is 0 Å². The molecule has 4 nitrogen and oxygen atoms in total. The van der Waals surface area contributed by atoms with E-state index in [1.807, 2.05) is 19.2 Å². The van der Waals surface area contributed by atoms with Gasteiger partial charge in [0.15, 0.2) is 0 Å². The van der Waals surface area contributed by atoms with E-state index in [0.717, 1.165) is 22.4 Å². The maximum atomic E-state index is 13.0. The number of thiophene rings is 1. The number of nitrogens with one attached hydrogen (secondary N) is 1. The molecule has 1 aliphatic heterocycles. The summed E-state index contributed by atoms with van der Waals surface area (Å²) in [4.78, 5) is 1.42. The lowest BCUT2D eigenvalue weighted by molar-refractivity contribution is 0.427. The maximum Gasteiger partial charge on any atom is 0.244 e. The zero-order chi connectivity index (χ0) is 15.6. The Morgan fingerprint density at radius 1 is 1.38 bits per heavy atom. The van der Waals surface area contributed by atoms with Crippen molar-refractivity contribution in [2.24, 2.45) is 0 Å². The van der Waals surface area contributed by atoms with E-state index in [2.05, 4.69) is 25.2 Å². The summed E-state index contributed by atoms with van der Waals surface area (Å²) in [5.41, 5.74) is 1.98. The van der Waals surface area contributed by atoms with Crippen LogP contribution in [0.2, 0.25) is 0 Å². The highest BCUT2D eigenvalue weighted by atomic mass is 32.2. The van der Waals surface area contributed by atoms with Gasteiger partial charge in [0, 0.05) is 30.6 Å². The molecule has 0 aromatic carbocycles. The molecular weight excluding hydrogens is 304 g/mol. The fourth-order valence-electron chi connectivity index (χ4n) is 2.46. The Morgan fingerprint density at radius 3 is 2.71 bits per heavy atom. The minimum absolute atomic E-state index is 0.336. The molecular formula is C15H24N2O2S2. The summed E-state index contributed by atoms with van der Waals surface area (Å²) in [5.74, 6) is 0. The second-order valence-corrected chi connectivity index (χ2v) is 8.72. The minimum atomic E-state index is -3.40. The number of rotatable bonds is 5. The van der Waals surface area contributed by atoms with Crippen LogP contribution in [-0.2, 0) is 16.6 Å². The van der Waals surface area contributed by atoms with Crippen molar-refractivity contribution in [3.63, 3.8) is 0 Å². The second kappa shape index (κ2) is 6.60. The molecule has 1 aromatic heterocycles. The van der Waals surface area contributed by atoms with Crippen molar-refractivity contribution in [1.29, 1.82) is 0 Å². The molecule has 0 saturated heterocycles. The molecule has 2 rings (SSSR count). The molecule has 0 atom stereocenters. The first-order valence-electron chi connectivity index (χ1n) is 7.28. The molecule has 0 unspecified atom stereocenters. The van der Waals surface area contributed by atoms with Crippen molar-refractivity contribution in [2.45, 2.75) is 51.6 Å². The molecule has 1 N–H and O–H groups in total. The Hall–Kier alpha value is -0.690. The SMILES string of the molecule is CC1=CCCN(S(=O)(=O)c2c(C)csc2CNC(C)C)C1. The lowest BCUT2D eigenvalue weighted by Crippen LogP contribution is -2.36. The Balaban J connectivity index is 2.31. The molecule has 6 heteroatoms. The summed E-state index contributed by atoms with van der Waals surface area (Å²) in [6.07, 6.45) is 2.92. The van der Waals surface area contributed by atoms with Gasteiger partial charge in [0.2, 0.25) is 10.0 Å². The topological polar surface area (TPSA) is 49.4 Å². The van der Waals surface area contributed by atoms with Gasteiger partial charge in [0.1, 0.15) is 4.90 Å². The van der Waals surface area contributed by atoms with E-state index in [0.29, 0.717) is 30.6 Å². The molecule has 1 aliphatic rings. The molecule has 0 amide bonds. The Morgan fingerprint density at radius 2 is 2.10 bits per heavy atom. The monoisotopic (exact) mass is 328 g/mol. The van der Waals surface area contributed by atoms with E-state index in [-0.39, 0.29) is 0 Å². The van der Waals surface area contributed by atoms with Crippen LogP contribution in [0, 0.1) is 6.92 Å². The van der Waals surface area contributed by atoms with Crippen molar-refractivity contribution < 1.29 is 8.42 Å². The largest absolute Gasteiger partial charge is 0.310 e. The summed E-state index contributed by atoms with van der Waals surface area (Å²) >= 11 is 1.53. The van der Waals surface area contributed by atoms with Gasteiger partial charge in [0.25, 0.3) is 0 Å². The molecule has 0 fully saturated rings. The number of aryl methyl sites for hydroxylation is 1. The van der Waals surface area contributed by atoms with Crippen LogP contribution in [0.15, 0.2) is 21.9 Å². The van der Waals surface area contributed by atoms with Crippen LogP contribution in [0.1, 0.15) is 37.6 Å². The molecule has 2 heterocycles. The third-order valence-corrected chi connectivity index (χ3v) is 6.86. The van der Waals surface area contributed by atoms with Gasteiger partial charge in [-0.25, -0.2) is 8.42 Å². The lowest BCUT2D eigenvalue weighted by Gasteiger charge is -2.26. The average molecular weight is 329 g/mol. The quantitative estimate of drug-likeness (QED) is 0.846. The van der Waals surface area contributed by atoms with Crippen molar-refractivity contribution >= 4 is 21.4 Å². The van der Waals surface area contributed by atoms with Gasteiger partial charge in [-0.2, -0.15) is 4.31 Å². The van der Waals surface area contributed by atoms with E-state index in [4.69, 9.17) is 0 Å². The van der Waals surface area contributed by atoms with Crippen molar-refractivity contribution in [1.82, 2.24) is 9.62 Å². The standard InChI is InChI=1S/C15H24N2O2S2/c1-11(2)16-8-14-15(13(4)10-20-14)21(18,19)17-7-5-6-12(3)9-17/h6,10-11,16H,5,7-9H2,1-4H3. The zero-order valence-corrected chi connectivity index (χ0v) is 14.8. The summed E-state index contributed by atoms with van der Waals surface area (Å²) in [6.45, 7) is 9.69. The lowest BCUT2D eigenvalue weighted by atomic mass is 10.2. The second-order valence-electron chi connectivity index (χ2n) is 5.88. The molecule has 0 bridgehead atoms. The van der Waals surface area contributed by atoms with E-state index in [9.17, 15) is 8.42 Å². The van der Waals surface area contributed by atoms with E-state index in [1.165, 1.54) is 11.3 Å². The fraction of sp³-hybridized carbons (Fsp3) is 0.600. The highest BCUT2D eigenvalue weighted by Crippen LogP contribution is 2.31. The Bertz CT molecular complexity index is 630. The molecule has 0 spiro atoms. The predicted molar refractivity (Wildman–Crippen MR) is 88.2 cm³/mol. The Kier molecular flexibility index (Phi) is 5.24. The molecule has 21 heavy (non-hydrogen) atoms. The minimum Gasteiger partial charge on any atom is -0.310 e. The maximum absolute atomic E-state index is 13.0. The van der Waals surface area contributed by atoms with Crippen LogP contribution in [-0.4, -0.2) is 31.9 Å². The van der Waals surface area contributed by atoms with Gasteiger partial charge in [-0.05, 0) is 31.2 Å². The van der Waals surface area contributed by atoms with Crippen LogP contribution in [0.3, 0.4) is 0 Å². The third-order valence-electron chi connectivity index (χ3n) is 3.56. The van der Waals surface area contributed by atoms with Gasteiger partial charge >= 0.3 is 0 Å². The Labute approximate surface area is 131 Å². The molecule has 0 aliphatic carbocycles. The number of hydrogen-bond donors (Lipinski definition) is 1. The van der Waals surface area contributed by atoms with Crippen molar-refractivity contribution in [3.8, 4) is 0 Å². The summed E-state index contributed by atoms with van der Waals surface area (Å²) in [6, 6.07) is 0.336. The smallest absolute Gasteiger partial charge is 0.244 e. The van der Waals surface area contributed by atoms with E-state index in [1.54, 1.807) is 4.31 Å². The van der Waals surface area contributed by atoms with Gasteiger partial charge in [-0.1, -0.05) is 25.5 Å². The van der Waals surface area contributed by atoms with Crippen LogP contribution in [0.4, 0.5) is 0 Å². The van der Waals surface area contributed by atoms with Gasteiger partial charge in [0.05, 0.1) is 0 Å². The highest BCUT2D eigenvalue weighted by Gasteiger charge is 2.30. The van der Waals surface area contributed by atoms with Crippen molar-refractivity contribution in [3.05, 3.63) is 27.5 Å². The summed E-state index contributed by atoms with van der Waals surface area (Å²) in [5, 5.41) is 5.26. The number of sulfonamides is 1. The van der Waals surface area contributed by atoms with Crippen LogP contribution in [0.25, 0.3) is 0 Å². The van der Waals surface area contributed by atoms with E-state index < -0.39 is 10.0 Å². The average Bonchev–Trinajstić information content (AvgIpc) is 2.78.